The molecule has 0 N–H and O–H groups in total. The smallest absolute Gasteiger partial charge is 0.200 e. The second-order valence-corrected chi connectivity index (χ2v) is 6.31. The molecule has 0 bridgehead atoms. The molecular formula is C15H11Br2ClO3. The molecule has 3 nitrogen and oxygen atoms in total. The zero-order valence-corrected chi connectivity index (χ0v) is 15.0. The van der Waals surface area contributed by atoms with Crippen LogP contribution in [0.3, 0.4) is 0 Å². The lowest BCUT2D eigenvalue weighted by Crippen LogP contribution is -2.11. The number of carbonyl (C=O) groups excluding carboxylic acids is 1. The van der Waals surface area contributed by atoms with E-state index in [0.29, 0.717) is 22.1 Å². The number of benzene rings is 2. The summed E-state index contributed by atoms with van der Waals surface area (Å²) in [6, 6.07) is 10.3. The summed E-state index contributed by atoms with van der Waals surface area (Å²) in [6.07, 6.45) is 0. The minimum Gasteiger partial charge on any atom is -0.496 e. The van der Waals surface area contributed by atoms with Gasteiger partial charge in [-0.05, 0) is 52.3 Å². The average Bonchev–Trinajstić information content (AvgIpc) is 2.46. The van der Waals surface area contributed by atoms with Gasteiger partial charge in [-0.3, -0.25) is 4.79 Å². The molecule has 0 saturated heterocycles. The van der Waals surface area contributed by atoms with Crippen LogP contribution in [0, 0.1) is 0 Å². The molecule has 0 atom stereocenters. The zero-order valence-electron chi connectivity index (χ0n) is 11.0. The highest BCUT2D eigenvalue weighted by atomic mass is 79.9. The normalized spacial score (nSPS) is 10.3. The van der Waals surface area contributed by atoms with Crippen molar-refractivity contribution in [1.29, 1.82) is 0 Å². The Morgan fingerprint density at radius 1 is 1.14 bits per heavy atom. The standard InChI is InChI=1S/C15H11Br2ClO3/c1-20-14-4-2-9(6-11(14)17)13(19)8-21-15-5-3-10(16)7-12(15)18/h2-7H,8H2,1H3. The van der Waals surface area contributed by atoms with E-state index in [1.165, 1.54) is 0 Å². The Hall–Kier alpha value is -1.04. The van der Waals surface area contributed by atoms with Crippen LogP contribution in [-0.2, 0) is 0 Å². The first-order chi connectivity index (χ1) is 10.0. The number of methoxy groups -OCH3 is 1. The van der Waals surface area contributed by atoms with Crippen molar-refractivity contribution in [2.45, 2.75) is 0 Å². The third-order valence-electron chi connectivity index (χ3n) is 2.73. The van der Waals surface area contributed by atoms with E-state index in [-0.39, 0.29) is 12.4 Å². The van der Waals surface area contributed by atoms with E-state index in [1.54, 1.807) is 43.5 Å². The van der Waals surface area contributed by atoms with Gasteiger partial charge in [-0.25, -0.2) is 0 Å². The van der Waals surface area contributed by atoms with Crippen molar-refractivity contribution in [3.63, 3.8) is 0 Å². The number of hydrogen-bond donors (Lipinski definition) is 0. The molecule has 0 saturated carbocycles. The fraction of sp³-hybridized carbons (Fsp3) is 0.133. The van der Waals surface area contributed by atoms with Crippen LogP contribution in [0.25, 0.3) is 0 Å². The maximum Gasteiger partial charge on any atom is 0.200 e. The van der Waals surface area contributed by atoms with Crippen LogP contribution in [0.4, 0.5) is 0 Å². The second kappa shape index (κ2) is 7.29. The molecule has 2 aromatic carbocycles. The lowest BCUT2D eigenvalue weighted by molar-refractivity contribution is 0.0921. The highest BCUT2D eigenvalue weighted by molar-refractivity contribution is 9.10. The Balaban J connectivity index is 2.06. The molecule has 0 unspecified atom stereocenters. The van der Waals surface area contributed by atoms with Crippen LogP contribution < -0.4 is 9.47 Å². The lowest BCUT2D eigenvalue weighted by Gasteiger charge is -2.09. The van der Waals surface area contributed by atoms with Gasteiger partial charge < -0.3 is 9.47 Å². The second-order valence-electron chi connectivity index (χ2n) is 4.14. The Morgan fingerprint density at radius 3 is 2.48 bits per heavy atom. The number of Topliss-reactive ketones (excluding diaryl/α,β-unsaturated/α-hetero) is 1. The summed E-state index contributed by atoms with van der Waals surface area (Å²) in [4.78, 5) is 12.1. The Bertz CT molecular complexity index is 674. The zero-order chi connectivity index (χ0) is 15.4. The highest BCUT2D eigenvalue weighted by Crippen LogP contribution is 2.28. The van der Waals surface area contributed by atoms with Crippen LogP contribution in [-0.4, -0.2) is 19.5 Å². The first-order valence-corrected chi connectivity index (χ1v) is 7.92. The molecule has 0 heterocycles. The molecule has 0 aliphatic rings. The molecule has 0 amide bonds. The molecule has 2 rings (SSSR count). The summed E-state index contributed by atoms with van der Waals surface area (Å²) < 4.78 is 12.2. The summed E-state index contributed by atoms with van der Waals surface area (Å²) in [5.41, 5.74) is 0.538. The van der Waals surface area contributed by atoms with Gasteiger partial charge in [0, 0.05) is 10.0 Å². The van der Waals surface area contributed by atoms with Crippen molar-refractivity contribution in [2.75, 3.05) is 13.7 Å². The van der Waals surface area contributed by atoms with Gasteiger partial charge in [0.25, 0.3) is 0 Å². The van der Waals surface area contributed by atoms with Gasteiger partial charge in [0.1, 0.15) is 11.5 Å². The summed E-state index contributed by atoms with van der Waals surface area (Å²) >= 11 is 12.7. The largest absolute Gasteiger partial charge is 0.496 e. The third kappa shape index (κ3) is 4.22. The summed E-state index contributed by atoms with van der Waals surface area (Å²) in [6.45, 7) is -0.0832. The predicted octanol–water partition coefficient (Wildman–Crippen LogP) is 5.14. The fourth-order valence-electron chi connectivity index (χ4n) is 1.66. The average molecular weight is 435 g/mol. The molecule has 0 aliphatic carbocycles. The molecule has 0 aromatic heterocycles. The van der Waals surface area contributed by atoms with E-state index in [0.717, 1.165) is 8.95 Å². The summed E-state index contributed by atoms with van der Waals surface area (Å²) in [5, 5.41) is 0.452. The van der Waals surface area contributed by atoms with Crippen molar-refractivity contribution in [3.05, 3.63) is 55.9 Å². The first-order valence-electron chi connectivity index (χ1n) is 5.96. The molecule has 21 heavy (non-hydrogen) atoms. The minimum atomic E-state index is -0.141. The van der Waals surface area contributed by atoms with E-state index in [4.69, 9.17) is 21.1 Å². The van der Waals surface area contributed by atoms with Crippen LogP contribution in [0.5, 0.6) is 11.5 Å². The van der Waals surface area contributed by atoms with E-state index >= 15 is 0 Å². The van der Waals surface area contributed by atoms with Gasteiger partial charge in [-0.2, -0.15) is 0 Å². The summed E-state index contributed by atoms with van der Waals surface area (Å²) in [5.74, 6) is 1.00. The Morgan fingerprint density at radius 2 is 1.86 bits per heavy atom. The van der Waals surface area contributed by atoms with Gasteiger partial charge in [-0.15, -0.1) is 0 Å². The predicted molar refractivity (Wildman–Crippen MR) is 89.7 cm³/mol. The van der Waals surface area contributed by atoms with Crippen LogP contribution in [0.15, 0.2) is 45.3 Å². The van der Waals surface area contributed by atoms with Crippen molar-refractivity contribution in [3.8, 4) is 11.5 Å². The number of rotatable bonds is 5. The monoisotopic (exact) mass is 432 g/mol. The van der Waals surface area contributed by atoms with Crippen molar-refractivity contribution < 1.29 is 14.3 Å². The number of ketones is 1. The maximum absolute atomic E-state index is 12.1. The van der Waals surface area contributed by atoms with Gasteiger partial charge in [0.05, 0.1) is 16.6 Å². The maximum atomic E-state index is 12.1. The molecule has 0 radical (unpaired) electrons. The fourth-order valence-corrected chi connectivity index (χ4v) is 2.93. The van der Waals surface area contributed by atoms with Crippen molar-refractivity contribution in [2.24, 2.45) is 0 Å². The van der Waals surface area contributed by atoms with Gasteiger partial charge in [0.2, 0.25) is 0 Å². The number of ether oxygens (including phenoxy) is 2. The Labute approximate surface area is 144 Å². The number of carbonyl (C=O) groups is 1. The van der Waals surface area contributed by atoms with E-state index in [9.17, 15) is 4.79 Å². The lowest BCUT2D eigenvalue weighted by atomic mass is 10.1. The summed E-state index contributed by atoms with van der Waals surface area (Å²) in [7, 11) is 1.57. The molecule has 2 aromatic rings. The van der Waals surface area contributed by atoms with Crippen molar-refractivity contribution >= 4 is 49.2 Å². The molecule has 0 spiro atoms. The van der Waals surface area contributed by atoms with Crippen LogP contribution in [0.2, 0.25) is 5.02 Å². The molecule has 110 valence electrons. The Kier molecular flexibility index (Phi) is 5.67. The van der Waals surface area contributed by atoms with Gasteiger partial charge in [0.15, 0.2) is 12.4 Å². The quantitative estimate of drug-likeness (QED) is 0.612. The number of hydrogen-bond acceptors (Lipinski definition) is 3. The van der Waals surface area contributed by atoms with Crippen LogP contribution in [0.1, 0.15) is 10.4 Å². The SMILES string of the molecule is COc1ccc(C(=O)COc2ccc(Br)cc2Cl)cc1Br. The van der Waals surface area contributed by atoms with E-state index < -0.39 is 0 Å². The topological polar surface area (TPSA) is 35.5 Å². The van der Waals surface area contributed by atoms with Crippen LogP contribution >= 0.6 is 43.5 Å². The van der Waals surface area contributed by atoms with E-state index in [2.05, 4.69) is 31.9 Å². The third-order valence-corrected chi connectivity index (χ3v) is 4.13. The number of halogens is 3. The van der Waals surface area contributed by atoms with Crippen molar-refractivity contribution in [1.82, 2.24) is 0 Å². The first kappa shape index (κ1) is 16.3. The molecule has 0 aliphatic heterocycles. The highest BCUT2D eigenvalue weighted by Gasteiger charge is 2.11. The molecule has 6 heteroatoms. The van der Waals surface area contributed by atoms with Gasteiger partial charge in [-0.1, -0.05) is 27.5 Å². The van der Waals surface area contributed by atoms with Gasteiger partial charge >= 0.3 is 0 Å². The molecule has 0 fully saturated rings. The van der Waals surface area contributed by atoms with E-state index in [1.807, 2.05) is 0 Å². The molecular weight excluding hydrogens is 423 g/mol. The minimum absolute atomic E-state index is 0.0832.